The maximum Gasteiger partial charge on any atom is 0.138 e. The number of benzene rings is 1. The molecule has 3 nitrogen and oxygen atoms in total. The highest BCUT2D eigenvalue weighted by molar-refractivity contribution is 5.85. The van der Waals surface area contributed by atoms with Crippen molar-refractivity contribution in [3.8, 4) is 11.8 Å². The van der Waals surface area contributed by atoms with E-state index in [0.29, 0.717) is 17.0 Å². The van der Waals surface area contributed by atoms with Crippen LogP contribution >= 0.6 is 12.4 Å². The van der Waals surface area contributed by atoms with Crippen molar-refractivity contribution in [2.24, 2.45) is 11.7 Å². The maximum atomic E-state index is 9.92. The van der Waals surface area contributed by atoms with Crippen LogP contribution in [0.2, 0.25) is 0 Å². The third-order valence-electron chi connectivity index (χ3n) is 3.45. The molecule has 0 amide bonds. The van der Waals surface area contributed by atoms with Crippen LogP contribution in [0.15, 0.2) is 18.2 Å². The fourth-order valence-electron chi connectivity index (χ4n) is 2.49. The molecular formula is C13H17ClN2O. The van der Waals surface area contributed by atoms with Gasteiger partial charge in [0, 0.05) is 11.6 Å². The molecule has 3 N–H and O–H groups in total. The Morgan fingerprint density at radius 3 is 2.59 bits per heavy atom. The minimum absolute atomic E-state index is 0. The first-order chi connectivity index (χ1) is 7.74. The molecule has 0 heterocycles. The zero-order valence-corrected chi connectivity index (χ0v) is 10.4. The summed E-state index contributed by atoms with van der Waals surface area (Å²) in [6, 6.07) is 7.04. The standard InChI is InChI=1S/C13H16N2O.ClH/c14-8-10-6-3-7-11(13(10)16)12(15)9-4-1-2-5-9;/h3,6-7,9,12,16H,1-2,4-5,15H2;1H/t12-;/m1./s1. The molecule has 0 bridgehead atoms. The lowest BCUT2D eigenvalue weighted by Gasteiger charge is -2.20. The molecule has 1 fully saturated rings. The average molecular weight is 253 g/mol. The summed E-state index contributed by atoms with van der Waals surface area (Å²) in [5.74, 6) is 0.504. The summed E-state index contributed by atoms with van der Waals surface area (Å²) in [4.78, 5) is 0. The van der Waals surface area contributed by atoms with Gasteiger partial charge in [-0.1, -0.05) is 25.0 Å². The van der Waals surface area contributed by atoms with E-state index in [1.165, 1.54) is 12.8 Å². The molecule has 0 aliphatic heterocycles. The van der Waals surface area contributed by atoms with E-state index in [4.69, 9.17) is 11.0 Å². The van der Waals surface area contributed by atoms with Gasteiger partial charge in [0.05, 0.1) is 5.56 Å². The lowest BCUT2D eigenvalue weighted by atomic mass is 9.91. The molecule has 1 atom stereocenters. The van der Waals surface area contributed by atoms with Crippen LogP contribution in [0, 0.1) is 17.2 Å². The number of hydrogen-bond acceptors (Lipinski definition) is 3. The van der Waals surface area contributed by atoms with E-state index >= 15 is 0 Å². The summed E-state index contributed by atoms with van der Waals surface area (Å²) in [6.45, 7) is 0. The SMILES string of the molecule is Cl.N#Cc1cccc([C@H](N)C2CCCC2)c1O. The number of nitrogens with two attached hydrogens (primary N) is 1. The van der Waals surface area contributed by atoms with Crippen LogP contribution in [0.1, 0.15) is 42.9 Å². The molecule has 1 saturated carbocycles. The summed E-state index contributed by atoms with van der Waals surface area (Å²) < 4.78 is 0. The first-order valence-electron chi connectivity index (χ1n) is 5.71. The van der Waals surface area contributed by atoms with Gasteiger partial charge in [0.2, 0.25) is 0 Å². The van der Waals surface area contributed by atoms with Gasteiger partial charge in [0.1, 0.15) is 11.8 Å². The van der Waals surface area contributed by atoms with Gasteiger partial charge in [-0.15, -0.1) is 12.4 Å². The Morgan fingerprint density at radius 2 is 2.00 bits per heavy atom. The zero-order chi connectivity index (χ0) is 11.5. The highest BCUT2D eigenvalue weighted by Gasteiger charge is 2.25. The highest BCUT2D eigenvalue weighted by atomic mass is 35.5. The molecule has 92 valence electrons. The molecule has 0 unspecified atom stereocenters. The molecule has 2 rings (SSSR count). The van der Waals surface area contributed by atoms with Crippen LogP contribution in [-0.4, -0.2) is 5.11 Å². The van der Waals surface area contributed by atoms with Crippen molar-refractivity contribution >= 4 is 12.4 Å². The number of hydrogen-bond donors (Lipinski definition) is 2. The van der Waals surface area contributed by atoms with Crippen LogP contribution in [0.25, 0.3) is 0 Å². The monoisotopic (exact) mass is 252 g/mol. The summed E-state index contributed by atoms with van der Waals surface area (Å²) in [5.41, 5.74) is 7.18. The van der Waals surface area contributed by atoms with Crippen LogP contribution in [-0.2, 0) is 0 Å². The second kappa shape index (κ2) is 5.90. The third-order valence-corrected chi connectivity index (χ3v) is 3.45. The predicted octanol–water partition coefficient (Wildman–Crippen LogP) is 2.88. The quantitative estimate of drug-likeness (QED) is 0.850. The second-order valence-electron chi connectivity index (χ2n) is 4.43. The lowest BCUT2D eigenvalue weighted by molar-refractivity contribution is 0.411. The van der Waals surface area contributed by atoms with E-state index in [9.17, 15) is 5.11 Å². The fourth-order valence-corrected chi connectivity index (χ4v) is 2.49. The van der Waals surface area contributed by atoms with Crippen molar-refractivity contribution in [3.05, 3.63) is 29.3 Å². The number of nitriles is 1. The van der Waals surface area contributed by atoms with Gasteiger partial charge in [0.25, 0.3) is 0 Å². The topological polar surface area (TPSA) is 70.0 Å². The molecule has 1 aliphatic rings. The Hall–Kier alpha value is -1.24. The van der Waals surface area contributed by atoms with E-state index in [1.54, 1.807) is 12.1 Å². The van der Waals surface area contributed by atoms with Gasteiger partial charge in [0.15, 0.2) is 0 Å². The van der Waals surface area contributed by atoms with E-state index in [2.05, 4.69) is 0 Å². The molecule has 1 aromatic rings. The number of phenols is 1. The smallest absolute Gasteiger partial charge is 0.138 e. The predicted molar refractivity (Wildman–Crippen MR) is 69.0 cm³/mol. The van der Waals surface area contributed by atoms with Gasteiger partial charge >= 0.3 is 0 Å². The maximum absolute atomic E-state index is 9.92. The fraction of sp³-hybridized carbons (Fsp3) is 0.462. The summed E-state index contributed by atoms with van der Waals surface area (Å²) >= 11 is 0. The Balaban J connectivity index is 0.00000144. The van der Waals surface area contributed by atoms with Crippen LogP contribution < -0.4 is 5.73 Å². The summed E-state index contributed by atoms with van der Waals surface area (Å²) in [7, 11) is 0. The Labute approximate surface area is 108 Å². The van der Waals surface area contributed by atoms with Crippen molar-refractivity contribution in [1.29, 1.82) is 5.26 Å². The Bertz CT molecular complexity index is 422. The summed E-state index contributed by atoms with van der Waals surface area (Å²) in [6.07, 6.45) is 4.68. The number of rotatable bonds is 2. The molecule has 0 saturated heterocycles. The zero-order valence-electron chi connectivity index (χ0n) is 9.60. The van der Waals surface area contributed by atoms with Gasteiger partial charge in [-0.25, -0.2) is 0 Å². The number of para-hydroxylation sites is 1. The van der Waals surface area contributed by atoms with Crippen molar-refractivity contribution in [2.75, 3.05) is 0 Å². The molecule has 1 aliphatic carbocycles. The van der Waals surface area contributed by atoms with Crippen LogP contribution in [0.4, 0.5) is 0 Å². The highest BCUT2D eigenvalue weighted by Crippen LogP contribution is 2.37. The van der Waals surface area contributed by atoms with Crippen molar-refractivity contribution in [3.63, 3.8) is 0 Å². The normalized spacial score (nSPS) is 17.2. The van der Waals surface area contributed by atoms with E-state index in [1.807, 2.05) is 12.1 Å². The van der Waals surface area contributed by atoms with Gasteiger partial charge in [-0.05, 0) is 24.8 Å². The van der Waals surface area contributed by atoms with Crippen molar-refractivity contribution in [1.82, 2.24) is 0 Å². The number of phenolic OH excluding ortho intramolecular Hbond substituents is 1. The minimum atomic E-state index is -0.143. The van der Waals surface area contributed by atoms with Crippen molar-refractivity contribution < 1.29 is 5.11 Å². The van der Waals surface area contributed by atoms with Gasteiger partial charge < -0.3 is 10.8 Å². The van der Waals surface area contributed by atoms with Gasteiger partial charge in [-0.3, -0.25) is 0 Å². The van der Waals surface area contributed by atoms with E-state index in [0.717, 1.165) is 12.8 Å². The largest absolute Gasteiger partial charge is 0.506 e. The molecule has 0 radical (unpaired) electrons. The Kier molecular flexibility index (Phi) is 4.80. The molecule has 0 aromatic heterocycles. The van der Waals surface area contributed by atoms with E-state index in [-0.39, 0.29) is 24.2 Å². The third kappa shape index (κ3) is 2.71. The van der Waals surface area contributed by atoms with Crippen LogP contribution in [0.5, 0.6) is 5.75 Å². The number of halogens is 1. The minimum Gasteiger partial charge on any atom is -0.506 e. The molecule has 0 spiro atoms. The van der Waals surface area contributed by atoms with Crippen molar-refractivity contribution in [2.45, 2.75) is 31.7 Å². The second-order valence-corrected chi connectivity index (χ2v) is 4.43. The molecule has 17 heavy (non-hydrogen) atoms. The number of aromatic hydroxyl groups is 1. The number of nitrogens with zero attached hydrogens (tertiary/aromatic N) is 1. The molecular weight excluding hydrogens is 236 g/mol. The van der Waals surface area contributed by atoms with Crippen LogP contribution in [0.3, 0.4) is 0 Å². The molecule has 4 heteroatoms. The van der Waals surface area contributed by atoms with E-state index < -0.39 is 0 Å². The lowest BCUT2D eigenvalue weighted by Crippen LogP contribution is -2.19. The molecule has 1 aromatic carbocycles. The Morgan fingerprint density at radius 1 is 1.35 bits per heavy atom. The first kappa shape index (κ1) is 13.8. The first-order valence-corrected chi connectivity index (χ1v) is 5.71. The average Bonchev–Trinajstić information content (AvgIpc) is 2.82. The van der Waals surface area contributed by atoms with Gasteiger partial charge in [-0.2, -0.15) is 5.26 Å². The summed E-state index contributed by atoms with van der Waals surface area (Å²) in [5, 5.41) is 18.8.